The first-order valence-electron chi connectivity index (χ1n) is 6.69. The van der Waals surface area contributed by atoms with Crippen LogP contribution in [0, 0.1) is 0 Å². The molecule has 4 nitrogen and oxygen atoms in total. The molecule has 0 aliphatic carbocycles. The molecule has 1 heterocycles. The van der Waals surface area contributed by atoms with Crippen LogP contribution in [0.3, 0.4) is 0 Å². The van der Waals surface area contributed by atoms with E-state index in [4.69, 9.17) is 9.47 Å². The van der Waals surface area contributed by atoms with Crippen molar-refractivity contribution in [3.8, 4) is 5.75 Å². The van der Waals surface area contributed by atoms with Gasteiger partial charge in [0.1, 0.15) is 12.4 Å². The van der Waals surface area contributed by atoms with Crippen LogP contribution in [0.15, 0.2) is 48.8 Å². The highest BCUT2D eigenvalue weighted by Gasteiger charge is 1.96. The van der Waals surface area contributed by atoms with Crippen LogP contribution in [0.25, 0.3) is 0 Å². The average molecular weight is 272 g/mol. The Balaban J connectivity index is 1.73. The zero-order chi connectivity index (χ0) is 14.0. The second-order valence-corrected chi connectivity index (χ2v) is 4.45. The van der Waals surface area contributed by atoms with Crippen molar-refractivity contribution >= 4 is 0 Å². The molecule has 0 atom stereocenters. The molecule has 2 aromatic rings. The minimum Gasteiger partial charge on any atom is -0.491 e. The summed E-state index contributed by atoms with van der Waals surface area (Å²) < 4.78 is 10.5. The molecule has 1 aromatic carbocycles. The van der Waals surface area contributed by atoms with Gasteiger partial charge in [-0.25, -0.2) is 0 Å². The summed E-state index contributed by atoms with van der Waals surface area (Å²) in [5.74, 6) is 0.873. The average Bonchev–Trinajstić information content (AvgIpc) is 2.50. The SMILES string of the molecule is COCCOc1ccc(CNCc2cccnc2)cc1. The number of rotatable bonds is 8. The Bertz CT molecular complexity index is 486. The summed E-state index contributed by atoms with van der Waals surface area (Å²) in [5, 5.41) is 3.39. The zero-order valence-corrected chi connectivity index (χ0v) is 11.7. The summed E-state index contributed by atoms with van der Waals surface area (Å²) in [6.07, 6.45) is 3.66. The Kier molecular flexibility index (Phi) is 6.02. The van der Waals surface area contributed by atoms with Crippen molar-refractivity contribution < 1.29 is 9.47 Å². The van der Waals surface area contributed by atoms with Gasteiger partial charge in [0.2, 0.25) is 0 Å². The van der Waals surface area contributed by atoms with Crippen molar-refractivity contribution in [1.82, 2.24) is 10.3 Å². The lowest BCUT2D eigenvalue weighted by Gasteiger charge is -2.07. The molecule has 0 bridgehead atoms. The number of hydrogen-bond acceptors (Lipinski definition) is 4. The largest absolute Gasteiger partial charge is 0.491 e. The van der Waals surface area contributed by atoms with Gasteiger partial charge < -0.3 is 14.8 Å². The Morgan fingerprint density at radius 1 is 1.00 bits per heavy atom. The number of pyridine rings is 1. The van der Waals surface area contributed by atoms with E-state index < -0.39 is 0 Å². The second kappa shape index (κ2) is 8.30. The first-order valence-corrected chi connectivity index (χ1v) is 6.69. The standard InChI is InChI=1S/C16H20N2O2/c1-19-9-10-20-16-6-4-14(5-7-16)11-18-13-15-3-2-8-17-12-15/h2-8,12,18H,9-11,13H2,1H3. The van der Waals surface area contributed by atoms with Gasteiger partial charge in [0.25, 0.3) is 0 Å². The monoisotopic (exact) mass is 272 g/mol. The van der Waals surface area contributed by atoms with Crippen molar-refractivity contribution in [3.05, 3.63) is 59.9 Å². The van der Waals surface area contributed by atoms with Crippen LogP contribution in [0.1, 0.15) is 11.1 Å². The van der Waals surface area contributed by atoms with Crippen molar-refractivity contribution in [2.24, 2.45) is 0 Å². The van der Waals surface area contributed by atoms with Gasteiger partial charge in [-0.15, -0.1) is 0 Å². The highest BCUT2D eigenvalue weighted by atomic mass is 16.5. The molecule has 2 rings (SSSR count). The fourth-order valence-corrected chi connectivity index (χ4v) is 1.80. The molecule has 0 amide bonds. The predicted octanol–water partition coefficient (Wildman–Crippen LogP) is 2.40. The summed E-state index contributed by atoms with van der Waals surface area (Å²) in [6.45, 7) is 2.83. The topological polar surface area (TPSA) is 43.4 Å². The molecule has 0 aliphatic heterocycles. The van der Waals surface area contributed by atoms with E-state index >= 15 is 0 Å². The molecule has 0 radical (unpaired) electrons. The van der Waals surface area contributed by atoms with Crippen molar-refractivity contribution in [3.63, 3.8) is 0 Å². The van der Waals surface area contributed by atoms with E-state index in [0.717, 1.165) is 18.8 Å². The number of aromatic nitrogens is 1. The van der Waals surface area contributed by atoms with Crippen LogP contribution in [-0.4, -0.2) is 25.3 Å². The van der Waals surface area contributed by atoms with Gasteiger partial charge >= 0.3 is 0 Å². The summed E-state index contributed by atoms with van der Waals surface area (Å²) in [4.78, 5) is 4.09. The maximum absolute atomic E-state index is 5.52. The number of ether oxygens (including phenoxy) is 2. The minimum atomic E-state index is 0.578. The highest BCUT2D eigenvalue weighted by molar-refractivity contribution is 5.27. The van der Waals surface area contributed by atoms with Crippen LogP contribution in [-0.2, 0) is 17.8 Å². The van der Waals surface area contributed by atoms with Gasteiger partial charge in [-0.05, 0) is 29.3 Å². The molecule has 106 valence electrons. The summed E-state index contributed by atoms with van der Waals surface area (Å²) in [6, 6.07) is 12.1. The molecule has 4 heteroatoms. The fourth-order valence-electron chi connectivity index (χ4n) is 1.80. The van der Waals surface area contributed by atoms with E-state index in [1.807, 2.05) is 24.4 Å². The van der Waals surface area contributed by atoms with Crippen LogP contribution in [0.2, 0.25) is 0 Å². The number of methoxy groups -OCH3 is 1. The maximum Gasteiger partial charge on any atom is 0.119 e. The first-order chi connectivity index (χ1) is 9.88. The second-order valence-electron chi connectivity index (χ2n) is 4.45. The number of benzene rings is 1. The molecule has 20 heavy (non-hydrogen) atoms. The molecule has 0 unspecified atom stereocenters. The summed E-state index contributed by atoms with van der Waals surface area (Å²) >= 11 is 0. The van der Waals surface area contributed by atoms with E-state index in [1.54, 1.807) is 13.3 Å². The molecule has 0 spiro atoms. The third-order valence-corrected chi connectivity index (χ3v) is 2.86. The highest BCUT2D eigenvalue weighted by Crippen LogP contribution is 2.12. The van der Waals surface area contributed by atoms with Crippen LogP contribution in [0.5, 0.6) is 5.75 Å². The van der Waals surface area contributed by atoms with Gasteiger partial charge in [0, 0.05) is 32.6 Å². The zero-order valence-electron chi connectivity index (χ0n) is 11.7. The van der Waals surface area contributed by atoms with E-state index in [0.29, 0.717) is 13.2 Å². The molecule has 0 aliphatic rings. The van der Waals surface area contributed by atoms with Crippen molar-refractivity contribution in [2.75, 3.05) is 20.3 Å². The first kappa shape index (κ1) is 14.5. The minimum absolute atomic E-state index is 0.578. The summed E-state index contributed by atoms with van der Waals surface area (Å²) in [7, 11) is 1.67. The van der Waals surface area contributed by atoms with Gasteiger partial charge in [-0.2, -0.15) is 0 Å². The molecular weight excluding hydrogens is 252 g/mol. The lowest BCUT2D eigenvalue weighted by atomic mass is 10.2. The fraction of sp³-hybridized carbons (Fsp3) is 0.312. The predicted molar refractivity (Wildman–Crippen MR) is 78.6 cm³/mol. The van der Waals surface area contributed by atoms with Crippen LogP contribution < -0.4 is 10.1 Å². The van der Waals surface area contributed by atoms with Crippen LogP contribution in [0.4, 0.5) is 0 Å². The Labute approximate surface area is 119 Å². The van der Waals surface area contributed by atoms with E-state index in [1.165, 1.54) is 11.1 Å². The molecule has 1 N–H and O–H groups in total. The number of nitrogens with zero attached hydrogens (tertiary/aromatic N) is 1. The van der Waals surface area contributed by atoms with Gasteiger partial charge in [0.05, 0.1) is 6.61 Å². The van der Waals surface area contributed by atoms with Crippen molar-refractivity contribution in [1.29, 1.82) is 0 Å². The molecule has 1 aromatic heterocycles. The van der Waals surface area contributed by atoms with E-state index in [9.17, 15) is 0 Å². The van der Waals surface area contributed by atoms with Crippen molar-refractivity contribution in [2.45, 2.75) is 13.1 Å². The Morgan fingerprint density at radius 3 is 2.50 bits per heavy atom. The number of nitrogens with one attached hydrogen (secondary N) is 1. The molecule has 0 saturated carbocycles. The van der Waals surface area contributed by atoms with Gasteiger partial charge in [0.15, 0.2) is 0 Å². The quantitative estimate of drug-likeness (QED) is 0.749. The third kappa shape index (κ3) is 4.99. The van der Waals surface area contributed by atoms with Gasteiger partial charge in [-0.1, -0.05) is 18.2 Å². The number of hydrogen-bond donors (Lipinski definition) is 1. The molecule has 0 fully saturated rings. The van der Waals surface area contributed by atoms with Crippen LogP contribution >= 0.6 is 0 Å². The smallest absolute Gasteiger partial charge is 0.119 e. The normalized spacial score (nSPS) is 10.4. The van der Waals surface area contributed by atoms with Gasteiger partial charge in [-0.3, -0.25) is 4.98 Å². The molecular formula is C16H20N2O2. The Morgan fingerprint density at radius 2 is 1.80 bits per heavy atom. The lowest BCUT2D eigenvalue weighted by Crippen LogP contribution is -2.12. The molecule has 0 saturated heterocycles. The van der Waals surface area contributed by atoms with E-state index in [2.05, 4.69) is 28.5 Å². The third-order valence-electron chi connectivity index (χ3n) is 2.86. The maximum atomic E-state index is 5.52. The lowest BCUT2D eigenvalue weighted by molar-refractivity contribution is 0.146. The van der Waals surface area contributed by atoms with E-state index in [-0.39, 0.29) is 0 Å². The Hall–Kier alpha value is -1.91. The summed E-state index contributed by atoms with van der Waals surface area (Å²) in [5.41, 5.74) is 2.42.